The molecule has 0 aliphatic rings. The minimum Gasteiger partial charge on any atom is -0.329 e. The van der Waals surface area contributed by atoms with E-state index < -0.39 is 0 Å². The number of aldehydes is 1. The first kappa shape index (κ1) is 10.9. The average Bonchev–Trinajstić information content (AvgIpc) is 2.74. The highest BCUT2D eigenvalue weighted by atomic mass is 32.2. The number of rotatable bonds is 3. The van der Waals surface area contributed by atoms with Gasteiger partial charge in [0.15, 0.2) is 11.4 Å². The number of nitrogens with zero attached hydrogens (tertiary/aromatic N) is 4. The number of carbonyl (C=O) groups excluding carboxylic acids is 1. The van der Waals surface area contributed by atoms with E-state index >= 15 is 0 Å². The molecule has 0 saturated heterocycles. The van der Waals surface area contributed by atoms with Crippen molar-refractivity contribution in [3.8, 4) is 0 Å². The smallest absolute Gasteiger partial charge is 0.174 e. The number of hydrogen-bond donors (Lipinski definition) is 0. The highest BCUT2D eigenvalue weighted by molar-refractivity contribution is 7.99. The van der Waals surface area contributed by atoms with Crippen molar-refractivity contribution in [1.29, 1.82) is 0 Å². The van der Waals surface area contributed by atoms with Gasteiger partial charge in [-0.15, -0.1) is 0 Å². The standard InChI is InChI=1S/C10H12N4OS/c1-7-8(6-15)9(14(3)12-7)16-10-11-4-5-13(10)2/h4-6H,1-3H3. The topological polar surface area (TPSA) is 52.7 Å². The van der Waals surface area contributed by atoms with Crippen LogP contribution >= 0.6 is 11.8 Å². The van der Waals surface area contributed by atoms with Gasteiger partial charge >= 0.3 is 0 Å². The molecule has 0 bridgehead atoms. The predicted octanol–water partition coefficient (Wildman–Crippen LogP) is 1.43. The number of aromatic nitrogens is 4. The molecule has 2 heterocycles. The lowest BCUT2D eigenvalue weighted by Crippen LogP contribution is -1.96. The molecular weight excluding hydrogens is 224 g/mol. The molecule has 5 nitrogen and oxygen atoms in total. The minimum absolute atomic E-state index is 0.635. The van der Waals surface area contributed by atoms with Crippen LogP contribution < -0.4 is 0 Å². The molecule has 16 heavy (non-hydrogen) atoms. The van der Waals surface area contributed by atoms with E-state index in [1.54, 1.807) is 10.9 Å². The van der Waals surface area contributed by atoms with Crippen LogP contribution in [0.1, 0.15) is 16.1 Å². The van der Waals surface area contributed by atoms with Crippen LogP contribution in [0.4, 0.5) is 0 Å². The number of imidazole rings is 1. The van der Waals surface area contributed by atoms with Crippen LogP contribution in [0, 0.1) is 6.92 Å². The number of carbonyl (C=O) groups is 1. The summed E-state index contributed by atoms with van der Waals surface area (Å²) in [4.78, 5) is 15.2. The highest BCUT2D eigenvalue weighted by Crippen LogP contribution is 2.29. The fraction of sp³-hybridized carbons (Fsp3) is 0.300. The molecule has 0 radical (unpaired) electrons. The summed E-state index contributed by atoms with van der Waals surface area (Å²) in [5, 5.41) is 5.88. The molecular formula is C10H12N4OS. The maximum Gasteiger partial charge on any atom is 0.174 e. The molecule has 0 N–H and O–H groups in total. The lowest BCUT2D eigenvalue weighted by Gasteiger charge is -2.02. The van der Waals surface area contributed by atoms with Gasteiger partial charge in [0.05, 0.1) is 11.3 Å². The van der Waals surface area contributed by atoms with Gasteiger partial charge in [0.1, 0.15) is 5.03 Å². The van der Waals surface area contributed by atoms with Gasteiger partial charge < -0.3 is 4.57 Å². The largest absolute Gasteiger partial charge is 0.329 e. The summed E-state index contributed by atoms with van der Waals surface area (Å²) in [6.07, 6.45) is 4.44. The van der Waals surface area contributed by atoms with Crippen LogP contribution in [0.25, 0.3) is 0 Å². The Hall–Kier alpha value is -1.56. The minimum atomic E-state index is 0.635. The van der Waals surface area contributed by atoms with E-state index in [1.807, 2.05) is 31.8 Å². The Balaban J connectivity index is 2.41. The molecule has 0 aliphatic heterocycles. The van der Waals surface area contributed by atoms with E-state index in [0.717, 1.165) is 22.2 Å². The summed E-state index contributed by atoms with van der Waals surface area (Å²) in [7, 11) is 3.74. The summed E-state index contributed by atoms with van der Waals surface area (Å²) in [6, 6.07) is 0. The van der Waals surface area contributed by atoms with Crippen LogP contribution in [0.5, 0.6) is 0 Å². The van der Waals surface area contributed by atoms with Gasteiger partial charge in [0, 0.05) is 26.5 Å². The summed E-state index contributed by atoms with van der Waals surface area (Å²) in [5.74, 6) is 0. The van der Waals surface area contributed by atoms with Crippen molar-refractivity contribution in [2.75, 3.05) is 0 Å². The zero-order chi connectivity index (χ0) is 11.7. The zero-order valence-corrected chi connectivity index (χ0v) is 10.2. The molecule has 0 saturated carbocycles. The Morgan fingerprint density at radius 1 is 1.44 bits per heavy atom. The maximum absolute atomic E-state index is 11.0. The van der Waals surface area contributed by atoms with E-state index in [4.69, 9.17) is 0 Å². The average molecular weight is 236 g/mol. The van der Waals surface area contributed by atoms with Crippen molar-refractivity contribution in [2.45, 2.75) is 17.1 Å². The van der Waals surface area contributed by atoms with E-state index in [-0.39, 0.29) is 0 Å². The molecule has 84 valence electrons. The second-order valence-electron chi connectivity index (χ2n) is 3.47. The molecule has 2 aromatic rings. The molecule has 0 spiro atoms. The van der Waals surface area contributed by atoms with Gasteiger partial charge in [0.25, 0.3) is 0 Å². The second-order valence-corrected chi connectivity index (χ2v) is 4.42. The monoisotopic (exact) mass is 236 g/mol. The molecule has 2 aromatic heterocycles. The normalized spacial score (nSPS) is 10.7. The molecule has 0 unspecified atom stereocenters. The Morgan fingerprint density at radius 2 is 2.19 bits per heavy atom. The van der Waals surface area contributed by atoms with Gasteiger partial charge in [-0.25, -0.2) is 4.98 Å². The SMILES string of the molecule is Cc1nn(C)c(Sc2nccn2C)c1C=O. The van der Waals surface area contributed by atoms with Crippen molar-refractivity contribution in [3.63, 3.8) is 0 Å². The van der Waals surface area contributed by atoms with Crippen LogP contribution in [-0.2, 0) is 14.1 Å². The number of hydrogen-bond acceptors (Lipinski definition) is 4. The first-order valence-electron chi connectivity index (χ1n) is 4.77. The predicted molar refractivity (Wildman–Crippen MR) is 60.7 cm³/mol. The maximum atomic E-state index is 11.0. The molecule has 0 atom stereocenters. The Bertz CT molecular complexity index is 529. The second kappa shape index (κ2) is 4.13. The van der Waals surface area contributed by atoms with E-state index in [0.29, 0.717) is 5.56 Å². The summed E-state index contributed by atoms with van der Waals surface area (Å²) < 4.78 is 3.61. The van der Waals surface area contributed by atoms with E-state index in [1.165, 1.54) is 11.8 Å². The third-order valence-electron chi connectivity index (χ3n) is 2.30. The van der Waals surface area contributed by atoms with Crippen molar-refractivity contribution in [1.82, 2.24) is 19.3 Å². The zero-order valence-electron chi connectivity index (χ0n) is 9.34. The van der Waals surface area contributed by atoms with Crippen molar-refractivity contribution < 1.29 is 4.79 Å². The molecule has 2 rings (SSSR count). The van der Waals surface area contributed by atoms with Crippen molar-refractivity contribution in [3.05, 3.63) is 23.7 Å². The lowest BCUT2D eigenvalue weighted by atomic mass is 10.3. The van der Waals surface area contributed by atoms with Crippen molar-refractivity contribution >= 4 is 18.0 Å². The lowest BCUT2D eigenvalue weighted by molar-refractivity contribution is 0.112. The summed E-state index contributed by atoms with van der Waals surface area (Å²) in [5.41, 5.74) is 1.38. The molecule has 0 aliphatic carbocycles. The van der Waals surface area contributed by atoms with E-state index in [2.05, 4.69) is 10.1 Å². The quantitative estimate of drug-likeness (QED) is 0.756. The third kappa shape index (κ3) is 1.76. The first-order chi connectivity index (χ1) is 7.63. The highest BCUT2D eigenvalue weighted by Gasteiger charge is 2.15. The summed E-state index contributed by atoms with van der Waals surface area (Å²) >= 11 is 1.44. The Morgan fingerprint density at radius 3 is 2.75 bits per heavy atom. The van der Waals surface area contributed by atoms with Crippen LogP contribution in [0.3, 0.4) is 0 Å². The van der Waals surface area contributed by atoms with Crippen LogP contribution in [0.2, 0.25) is 0 Å². The molecule has 6 heteroatoms. The van der Waals surface area contributed by atoms with Crippen LogP contribution in [-0.4, -0.2) is 25.6 Å². The van der Waals surface area contributed by atoms with E-state index in [9.17, 15) is 4.79 Å². The third-order valence-corrected chi connectivity index (χ3v) is 3.55. The Kier molecular flexibility index (Phi) is 2.82. The molecule has 0 fully saturated rings. The van der Waals surface area contributed by atoms with Gasteiger partial charge in [-0.3, -0.25) is 9.48 Å². The van der Waals surface area contributed by atoms with Gasteiger partial charge in [0.2, 0.25) is 0 Å². The van der Waals surface area contributed by atoms with Crippen LogP contribution in [0.15, 0.2) is 22.6 Å². The molecule has 0 aromatic carbocycles. The van der Waals surface area contributed by atoms with Gasteiger partial charge in [-0.1, -0.05) is 0 Å². The Labute approximate surface area is 97.5 Å². The van der Waals surface area contributed by atoms with Gasteiger partial charge in [-0.05, 0) is 18.7 Å². The number of aryl methyl sites for hydroxylation is 3. The summed E-state index contributed by atoms with van der Waals surface area (Å²) in [6.45, 7) is 1.83. The molecule has 0 amide bonds. The fourth-order valence-corrected chi connectivity index (χ4v) is 2.42. The van der Waals surface area contributed by atoms with Gasteiger partial charge in [-0.2, -0.15) is 5.10 Å². The fourth-order valence-electron chi connectivity index (χ4n) is 1.45. The first-order valence-corrected chi connectivity index (χ1v) is 5.59. The van der Waals surface area contributed by atoms with Crippen molar-refractivity contribution in [2.24, 2.45) is 14.1 Å².